The van der Waals surface area contributed by atoms with Crippen molar-refractivity contribution >= 4 is 128 Å². The lowest BCUT2D eigenvalue weighted by atomic mass is 9.96. The fourth-order valence-corrected chi connectivity index (χ4v) is 13.1. The van der Waals surface area contributed by atoms with Crippen molar-refractivity contribution in [2.24, 2.45) is 66.9 Å². The van der Waals surface area contributed by atoms with Crippen molar-refractivity contribution in [2.45, 2.75) is 191 Å². The fourth-order valence-electron chi connectivity index (χ4n) is 10.8. The summed E-state index contributed by atoms with van der Waals surface area (Å²) in [6, 6.07) is -0.687. The molecule has 1 saturated heterocycles. The number of aliphatic carboxylic acids is 2. The summed E-state index contributed by atoms with van der Waals surface area (Å²) in [6.07, 6.45) is -1.02. The van der Waals surface area contributed by atoms with Crippen LogP contribution in [-0.4, -0.2) is 234 Å². The molecule has 112 heavy (non-hydrogen) atoms. The Bertz CT molecular complexity index is 3570. The monoisotopic (exact) mass is 1610 g/mol. The predicted octanol–water partition coefficient (Wildman–Crippen LogP) is -5.61. The molecular weight excluding hydrogens is 1500 g/mol. The summed E-state index contributed by atoms with van der Waals surface area (Å²) in [6.45, 7) is 6.29. The van der Waals surface area contributed by atoms with Gasteiger partial charge in [0.25, 0.3) is 0 Å². The molecule has 13 amide bonds. The maximum atomic E-state index is 15.1. The van der Waals surface area contributed by atoms with Crippen LogP contribution in [-0.2, 0) is 84.8 Å². The lowest BCUT2D eigenvalue weighted by Gasteiger charge is -2.30. The molecule has 3 rings (SSSR count). The highest BCUT2D eigenvalue weighted by atomic mass is 33.1. The van der Waals surface area contributed by atoms with Crippen LogP contribution in [0.1, 0.15) is 123 Å². The molecule has 0 saturated carbocycles. The molecule has 0 aliphatic carbocycles. The Morgan fingerprint density at radius 2 is 1.03 bits per heavy atom. The molecule has 620 valence electrons. The number of nitrogens with two attached hydrogens (primary N) is 7. The van der Waals surface area contributed by atoms with Crippen LogP contribution in [0.4, 0.5) is 0 Å². The molecular formula is C70H111N23O17S2. The number of rotatable bonds is 32. The van der Waals surface area contributed by atoms with Crippen LogP contribution in [0.5, 0.6) is 0 Å². The quantitative estimate of drug-likeness (QED) is 0.0141. The second-order valence-electron chi connectivity index (χ2n) is 26.6. The normalized spacial score (nSPS) is 21.8. The van der Waals surface area contributed by atoms with Crippen LogP contribution < -0.4 is 109 Å². The Morgan fingerprint density at radius 1 is 0.527 bits per heavy atom. The van der Waals surface area contributed by atoms with Gasteiger partial charge in [0.1, 0.15) is 66.5 Å². The van der Waals surface area contributed by atoms with Crippen molar-refractivity contribution in [2.75, 3.05) is 50.8 Å². The van der Waals surface area contributed by atoms with Gasteiger partial charge < -0.3 is 119 Å². The number of aliphatic imine (C=N–C) groups is 3. The van der Waals surface area contributed by atoms with E-state index in [2.05, 4.69) is 84.1 Å². The van der Waals surface area contributed by atoms with Crippen LogP contribution in [0.25, 0.3) is 0 Å². The van der Waals surface area contributed by atoms with Crippen LogP contribution in [0, 0.1) is 11.8 Å². The average molecular weight is 1610 g/mol. The highest BCUT2D eigenvalue weighted by Crippen LogP contribution is 2.25. The summed E-state index contributed by atoms with van der Waals surface area (Å²) in [4.78, 5) is 223. The van der Waals surface area contributed by atoms with Gasteiger partial charge in [0.2, 0.25) is 76.8 Å². The molecule has 0 bridgehead atoms. The number of hydrogen-bond acceptors (Lipinski definition) is 21. The standard InChI is InChI=1S/C70H111N23O17S2/c1-6-38(3)55-65(107)90-48(33-54(97)98)62(104)86-44(24-17-29-79-69(74)75)60(102)93-56(39(4)7-2)66(108)91-50(64(106)89-47(32-42-21-12-9-13-22-42)61(103)87-45(67(109)110)25-18-30-80-70(76)77)37-112-111-36-49(85-51(94)26-14-15-27-71)63(105)83-40(5)57(99)88-46(31-41-19-10-8-11-20-41)58(100)82-34-52(95)81-35-53(96)84-43(59(101)92-55)23-16-28-78-68(72)73/h8-13,19-22,38-40,43-50,55-56H,6-7,14-18,23-37,71H2,1-5H3,(H,81,95)(H,82,100)(H,83,105)(H,84,96)(H,85,94)(H,86,104)(H,87,103)(H,88,99)(H,89,106)(H,90,107)(H,91,108)(H,92,101)(H,93,102)(H,97,98)(H,109,110)(H4,72,73,78)(H4,74,75,79)(H4,76,77,80)/t38-,39-,40-,43+,44-,45+,46+,47+,48+,49+,50+,55-,56+/m0/s1. The summed E-state index contributed by atoms with van der Waals surface area (Å²) in [5.74, 6) is -18.8. The number of hydrogen-bond donors (Lipinski definition) is 22. The second kappa shape index (κ2) is 51.4. The number of guanidine groups is 3. The number of carboxylic acids is 2. The predicted molar refractivity (Wildman–Crippen MR) is 420 cm³/mol. The number of amides is 13. The van der Waals surface area contributed by atoms with Crippen molar-refractivity contribution in [1.29, 1.82) is 0 Å². The Hall–Kier alpha value is -11.0. The van der Waals surface area contributed by atoms with E-state index in [1.807, 2.05) is 0 Å². The van der Waals surface area contributed by atoms with E-state index in [1.165, 1.54) is 6.92 Å². The molecule has 1 heterocycles. The first-order valence-electron chi connectivity index (χ1n) is 36.7. The molecule has 2 aromatic carbocycles. The average Bonchev–Trinajstić information content (AvgIpc) is 0.849. The van der Waals surface area contributed by atoms with E-state index in [4.69, 9.17) is 40.1 Å². The van der Waals surface area contributed by atoms with Crippen LogP contribution >= 0.6 is 21.6 Å². The zero-order chi connectivity index (χ0) is 83.4. The molecule has 0 spiro atoms. The van der Waals surface area contributed by atoms with Crippen molar-refractivity contribution in [1.82, 2.24) is 69.1 Å². The number of carbonyl (C=O) groups is 15. The van der Waals surface area contributed by atoms with Gasteiger partial charge in [0.05, 0.1) is 19.5 Å². The van der Waals surface area contributed by atoms with Crippen molar-refractivity contribution in [3.05, 3.63) is 71.8 Å². The number of nitrogens with one attached hydrogen (secondary N) is 13. The van der Waals surface area contributed by atoms with Gasteiger partial charge in [0, 0.05) is 50.4 Å². The second-order valence-corrected chi connectivity index (χ2v) is 29.1. The third kappa shape index (κ3) is 37.1. The number of unbranched alkanes of at least 4 members (excludes halogenated alkanes) is 1. The van der Waals surface area contributed by atoms with Gasteiger partial charge in [-0.3, -0.25) is 82.1 Å². The Balaban J connectivity index is 2.33. The van der Waals surface area contributed by atoms with Gasteiger partial charge in [-0.05, 0) is 87.8 Å². The van der Waals surface area contributed by atoms with Gasteiger partial charge >= 0.3 is 11.9 Å². The first-order valence-corrected chi connectivity index (χ1v) is 39.1. The minimum absolute atomic E-state index is 0.00716. The number of carbonyl (C=O) groups excluding carboxylic acids is 13. The zero-order valence-electron chi connectivity index (χ0n) is 63.6. The van der Waals surface area contributed by atoms with E-state index in [0.717, 1.165) is 21.6 Å². The van der Waals surface area contributed by atoms with Crippen LogP contribution in [0.2, 0.25) is 0 Å². The van der Waals surface area contributed by atoms with Crippen LogP contribution in [0.3, 0.4) is 0 Å². The number of benzene rings is 2. The maximum Gasteiger partial charge on any atom is 0.326 e. The molecule has 2 aromatic rings. The SMILES string of the molecule is CC[C@H](C)[C@@H]1NC(=O)[C@@H](CCCN=C(N)N)NC(=O)CNC(=O)CNC(=O)[C@@H](Cc2ccccc2)NC(=O)[C@H](C)NC(=O)[C@H](NC(=O)CCCCN)CSSC[C@H](C(=O)N[C@H](Cc2ccccc2)C(=O)N[C@H](CCCN=C(N)N)C(=O)O)NC(=O)[C@@H]([C@@H](C)CC)NC(=O)[C@H](CCCN=C(N)N)NC(=O)[C@@H](CC(=O)O)NC1=O. The Labute approximate surface area is 657 Å². The lowest BCUT2D eigenvalue weighted by Crippen LogP contribution is -2.62. The minimum atomic E-state index is -1.99. The largest absolute Gasteiger partial charge is 0.481 e. The third-order valence-corrected chi connectivity index (χ3v) is 19.9. The molecule has 1 fully saturated rings. The first-order chi connectivity index (χ1) is 53.2. The molecule has 42 heteroatoms. The highest BCUT2D eigenvalue weighted by Gasteiger charge is 2.39. The molecule has 1 aliphatic heterocycles. The molecule has 1 aliphatic rings. The van der Waals surface area contributed by atoms with E-state index in [0.29, 0.717) is 24.0 Å². The van der Waals surface area contributed by atoms with E-state index < -0.39 is 192 Å². The van der Waals surface area contributed by atoms with Crippen LogP contribution in [0.15, 0.2) is 75.6 Å². The topological polar surface area (TPSA) is 672 Å². The van der Waals surface area contributed by atoms with Gasteiger partial charge in [0.15, 0.2) is 17.9 Å². The lowest BCUT2D eigenvalue weighted by molar-refractivity contribution is -0.142. The molecule has 0 unspecified atom stereocenters. The smallest absolute Gasteiger partial charge is 0.326 e. The summed E-state index contributed by atoms with van der Waals surface area (Å²) in [5.41, 5.74) is 39.9. The fraction of sp³-hybridized carbons (Fsp3) is 0.571. The van der Waals surface area contributed by atoms with E-state index in [9.17, 15) is 72.5 Å². The molecule has 40 nitrogen and oxygen atoms in total. The van der Waals surface area contributed by atoms with Gasteiger partial charge in [-0.15, -0.1) is 0 Å². The minimum Gasteiger partial charge on any atom is -0.481 e. The third-order valence-electron chi connectivity index (χ3n) is 17.5. The van der Waals surface area contributed by atoms with Gasteiger partial charge in [-0.25, -0.2) is 4.79 Å². The number of nitrogens with zero attached hydrogens (tertiary/aromatic N) is 3. The van der Waals surface area contributed by atoms with Crippen molar-refractivity contribution < 1.29 is 82.1 Å². The zero-order valence-corrected chi connectivity index (χ0v) is 65.2. The maximum absolute atomic E-state index is 15.1. The molecule has 0 radical (unpaired) electrons. The Kier molecular flexibility index (Phi) is 43.7. The van der Waals surface area contributed by atoms with Gasteiger partial charge in [-0.1, -0.05) is 123 Å². The summed E-state index contributed by atoms with van der Waals surface area (Å²) in [5, 5.41) is 53.4. The molecule has 0 aromatic heterocycles. The van der Waals surface area contributed by atoms with E-state index >= 15 is 9.59 Å². The molecule has 29 N–H and O–H groups in total. The van der Waals surface area contributed by atoms with Crippen molar-refractivity contribution in [3.8, 4) is 0 Å². The summed E-state index contributed by atoms with van der Waals surface area (Å²) >= 11 is 0. The summed E-state index contributed by atoms with van der Waals surface area (Å²) in [7, 11) is 1.79. The summed E-state index contributed by atoms with van der Waals surface area (Å²) < 4.78 is 0. The highest BCUT2D eigenvalue weighted by molar-refractivity contribution is 8.76. The van der Waals surface area contributed by atoms with Crippen molar-refractivity contribution in [3.63, 3.8) is 0 Å². The first kappa shape index (κ1) is 95.2. The number of carboxylic acid groups (broad SMARTS) is 2. The van der Waals surface area contributed by atoms with E-state index in [1.54, 1.807) is 88.4 Å². The van der Waals surface area contributed by atoms with Gasteiger partial charge in [-0.2, -0.15) is 0 Å². The Morgan fingerprint density at radius 3 is 1.56 bits per heavy atom. The van der Waals surface area contributed by atoms with E-state index in [-0.39, 0.29) is 120 Å². The molecule has 13 atom stereocenters.